The van der Waals surface area contributed by atoms with E-state index in [1.54, 1.807) is 24.1 Å². The summed E-state index contributed by atoms with van der Waals surface area (Å²) in [4.78, 5) is 24.5. The van der Waals surface area contributed by atoms with Crippen LogP contribution in [0.1, 0.15) is 28.8 Å². The Morgan fingerprint density at radius 3 is 2.68 bits per heavy atom. The van der Waals surface area contributed by atoms with Crippen molar-refractivity contribution in [2.24, 2.45) is 0 Å². The number of carbonyl (C=O) groups is 2. The van der Waals surface area contributed by atoms with Crippen LogP contribution in [-0.4, -0.2) is 41.6 Å². The van der Waals surface area contributed by atoms with Gasteiger partial charge in [-0.25, -0.2) is 4.79 Å². The number of carboxylic acid groups (broad SMARTS) is 1. The number of aryl methyl sites for hydroxylation is 1. The lowest BCUT2D eigenvalue weighted by molar-refractivity contribution is -0.132. The molecule has 1 aliphatic rings. The number of carboxylic acids is 1. The highest BCUT2D eigenvalue weighted by molar-refractivity contribution is 5.91. The molecular formula is C14H17NO4. The Hall–Kier alpha value is -2.04. The second-order valence-electron chi connectivity index (χ2n) is 4.83. The van der Waals surface area contributed by atoms with Gasteiger partial charge >= 0.3 is 5.97 Å². The van der Waals surface area contributed by atoms with Gasteiger partial charge in [0.05, 0.1) is 0 Å². The molecule has 0 bridgehead atoms. The number of rotatable bonds is 5. The lowest BCUT2D eigenvalue weighted by Crippen LogP contribution is -2.33. The van der Waals surface area contributed by atoms with Crippen LogP contribution in [0.3, 0.4) is 0 Å². The summed E-state index contributed by atoms with van der Waals surface area (Å²) in [6, 6.07) is 5.15. The molecule has 0 spiro atoms. The van der Waals surface area contributed by atoms with Crippen LogP contribution in [0.15, 0.2) is 18.2 Å². The number of benzene rings is 1. The van der Waals surface area contributed by atoms with E-state index in [2.05, 4.69) is 0 Å². The molecule has 0 unspecified atom stereocenters. The molecule has 0 saturated heterocycles. The molecule has 102 valence electrons. The largest absolute Gasteiger partial charge is 0.483 e. The maximum absolute atomic E-state index is 11.8. The zero-order valence-electron chi connectivity index (χ0n) is 11.0. The van der Waals surface area contributed by atoms with Crippen molar-refractivity contribution < 1.29 is 19.4 Å². The van der Waals surface area contributed by atoms with Crippen LogP contribution >= 0.6 is 0 Å². The van der Waals surface area contributed by atoms with E-state index >= 15 is 0 Å². The molecule has 0 heterocycles. The first kappa shape index (κ1) is 13.4. The van der Waals surface area contributed by atoms with Gasteiger partial charge in [-0.2, -0.15) is 0 Å². The average Bonchev–Trinajstić information content (AvgIpc) is 3.18. The predicted octanol–water partition coefficient (Wildman–Crippen LogP) is 1.69. The molecular weight excluding hydrogens is 246 g/mol. The van der Waals surface area contributed by atoms with Crippen LogP contribution in [-0.2, 0) is 4.79 Å². The molecule has 0 aliphatic heterocycles. The minimum absolute atomic E-state index is 0.0764. The normalized spacial score (nSPS) is 14.0. The van der Waals surface area contributed by atoms with E-state index < -0.39 is 5.97 Å². The van der Waals surface area contributed by atoms with Gasteiger partial charge in [0.1, 0.15) is 11.3 Å². The highest BCUT2D eigenvalue weighted by Gasteiger charge is 2.29. The number of hydrogen-bond donors (Lipinski definition) is 1. The van der Waals surface area contributed by atoms with Crippen LogP contribution in [0.5, 0.6) is 5.75 Å². The molecule has 1 aliphatic carbocycles. The fourth-order valence-corrected chi connectivity index (χ4v) is 1.83. The van der Waals surface area contributed by atoms with Crippen LogP contribution in [0, 0.1) is 6.92 Å². The molecule has 1 aromatic rings. The molecule has 0 radical (unpaired) electrons. The van der Waals surface area contributed by atoms with Gasteiger partial charge in [0.2, 0.25) is 0 Å². The van der Waals surface area contributed by atoms with E-state index in [0.717, 1.165) is 18.4 Å². The number of likely N-dealkylation sites (N-methyl/N-ethyl adjacent to an activating group) is 1. The summed E-state index contributed by atoms with van der Waals surface area (Å²) >= 11 is 0. The van der Waals surface area contributed by atoms with Crippen molar-refractivity contribution >= 4 is 11.9 Å². The summed E-state index contributed by atoms with van der Waals surface area (Å²) in [5.41, 5.74) is 0.968. The summed E-state index contributed by atoms with van der Waals surface area (Å²) < 4.78 is 5.37. The first-order valence-corrected chi connectivity index (χ1v) is 6.21. The first-order chi connectivity index (χ1) is 8.99. The maximum Gasteiger partial charge on any atom is 0.339 e. The van der Waals surface area contributed by atoms with E-state index in [1.807, 2.05) is 6.92 Å². The third-order valence-electron chi connectivity index (χ3n) is 3.21. The Bertz CT molecular complexity index is 508. The standard InChI is InChI=1S/C14H17NO4/c1-9-3-6-11(14(17)18)12(7-9)19-8-13(16)15(2)10-4-5-10/h3,6-7,10H,4-5,8H2,1-2H3,(H,17,18). The van der Waals surface area contributed by atoms with Gasteiger partial charge in [0, 0.05) is 13.1 Å². The van der Waals surface area contributed by atoms with Crippen LogP contribution in [0.4, 0.5) is 0 Å². The Morgan fingerprint density at radius 2 is 2.11 bits per heavy atom. The number of ether oxygens (including phenoxy) is 1. The van der Waals surface area contributed by atoms with Crippen LogP contribution in [0.25, 0.3) is 0 Å². The van der Waals surface area contributed by atoms with Gasteiger partial charge in [0.25, 0.3) is 5.91 Å². The van der Waals surface area contributed by atoms with Gasteiger partial charge < -0.3 is 14.7 Å². The number of amides is 1. The van der Waals surface area contributed by atoms with Crippen LogP contribution in [0.2, 0.25) is 0 Å². The molecule has 5 nitrogen and oxygen atoms in total. The van der Waals surface area contributed by atoms with Gasteiger partial charge in [-0.15, -0.1) is 0 Å². The Kier molecular flexibility index (Phi) is 3.74. The van der Waals surface area contributed by atoms with Crippen molar-refractivity contribution in [2.75, 3.05) is 13.7 Å². The average molecular weight is 263 g/mol. The fraction of sp³-hybridized carbons (Fsp3) is 0.429. The topological polar surface area (TPSA) is 66.8 Å². The van der Waals surface area contributed by atoms with Crippen molar-refractivity contribution in [3.05, 3.63) is 29.3 Å². The molecule has 1 aromatic carbocycles. The van der Waals surface area contributed by atoms with Crippen molar-refractivity contribution in [2.45, 2.75) is 25.8 Å². The molecule has 0 aromatic heterocycles. The third kappa shape index (κ3) is 3.24. The summed E-state index contributed by atoms with van der Waals surface area (Å²) in [6.07, 6.45) is 2.07. The van der Waals surface area contributed by atoms with Gasteiger partial charge in [-0.1, -0.05) is 6.07 Å². The molecule has 1 saturated carbocycles. The SMILES string of the molecule is Cc1ccc(C(=O)O)c(OCC(=O)N(C)C2CC2)c1. The van der Waals surface area contributed by atoms with Crippen molar-refractivity contribution in [1.82, 2.24) is 4.90 Å². The van der Waals surface area contributed by atoms with E-state index in [4.69, 9.17) is 9.84 Å². The molecule has 5 heteroatoms. The molecule has 2 rings (SSSR count). The second kappa shape index (κ2) is 5.30. The van der Waals surface area contributed by atoms with Gasteiger partial charge in [-0.05, 0) is 37.5 Å². The monoisotopic (exact) mass is 263 g/mol. The van der Waals surface area contributed by atoms with Crippen molar-refractivity contribution in [1.29, 1.82) is 0 Å². The second-order valence-corrected chi connectivity index (χ2v) is 4.83. The number of hydrogen-bond acceptors (Lipinski definition) is 3. The van der Waals surface area contributed by atoms with Crippen molar-refractivity contribution in [3.8, 4) is 5.75 Å². The Balaban J connectivity index is 2.03. The molecule has 1 amide bonds. The summed E-state index contributed by atoms with van der Waals surface area (Å²) in [5, 5.41) is 9.05. The molecule has 1 fully saturated rings. The first-order valence-electron chi connectivity index (χ1n) is 6.21. The van der Waals surface area contributed by atoms with E-state index in [-0.39, 0.29) is 23.8 Å². The Labute approximate surface area is 111 Å². The van der Waals surface area contributed by atoms with Crippen LogP contribution < -0.4 is 4.74 Å². The van der Waals surface area contributed by atoms with Gasteiger partial charge in [-0.3, -0.25) is 4.79 Å². The van der Waals surface area contributed by atoms with E-state index in [1.165, 1.54) is 6.07 Å². The third-order valence-corrected chi connectivity index (χ3v) is 3.21. The van der Waals surface area contributed by atoms with E-state index in [9.17, 15) is 9.59 Å². The highest BCUT2D eigenvalue weighted by Crippen LogP contribution is 2.26. The molecule has 19 heavy (non-hydrogen) atoms. The lowest BCUT2D eigenvalue weighted by atomic mass is 10.1. The Morgan fingerprint density at radius 1 is 1.42 bits per heavy atom. The number of aromatic carboxylic acids is 1. The van der Waals surface area contributed by atoms with Crippen molar-refractivity contribution in [3.63, 3.8) is 0 Å². The minimum Gasteiger partial charge on any atom is -0.483 e. The quantitative estimate of drug-likeness (QED) is 0.878. The van der Waals surface area contributed by atoms with E-state index in [0.29, 0.717) is 6.04 Å². The zero-order valence-corrected chi connectivity index (χ0v) is 11.0. The fourth-order valence-electron chi connectivity index (χ4n) is 1.83. The van der Waals surface area contributed by atoms with Gasteiger partial charge in [0.15, 0.2) is 6.61 Å². The zero-order chi connectivity index (χ0) is 14.0. The minimum atomic E-state index is -1.06. The summed E-state index contributed by atoms with van der Waals surface area (Å²) in [6.45, 7) is 1.72. The predicted molar refractivity (Wildman–Crippen MR) is 69.4 cm³/mol. The molecule has 0 atom stereocenters. The smallest absolute Gasteiger partial charge is 0.339 e. The maximum atomic E-state index is 11.8. The summed E-state index contributed by atoms with van der Waals surface area (Å²) in [5.74, 6) is -0.941. The number of carbonyl (C=O) groups excluding carboxylic acids is 1. The number of nitrogens with zero attached hydrogens (tertiary/aromatic N) is 1. The summed E-state index contributed by atoms with van der Waals surface area (Å²) in [7, 11) is 1.75. The highest BCUT2D eigenvalue weighted by atomic mass is 16.5. The molecule has 1 N–H and O–H groups in total. The lowest BCUT2D eigenvalue weighted by Gasteiger charge is -2.17.